The average molecular weight is 343 g/mol. The zero-order valence-corrected chi connectivity index (χ0v) is 13.9. The lowest BCUT2D eigenvalue weighted by Crippen LogP contribution is -2.43. The Labute approximate surface area is 146 Å². The summed E-state index contributed by atoms with van der Waals surface area (Å²) in [6.07, 6.45) is 1.10. The first-order chi connectivity index (χ1) is 12.0. The molecule has 25 heavy (non-hydrogen) atoms. The van der Waals surface area contributed by atoms with Crippen LogP contribution in [0.2, 0.25) is 0 Å². The van der Waals surface area contributed by atoms with Crippen molar-refractivity contribution in [2.45, 2.75) is 37.4 Å². The number of amides is 1. The number of benzene rings is 2. The third-order valence-electron chi connectivity index (χ3n) is 4.75. The molecule has 1 aliphatic carbocycles. The Morgan fingerprint density at radius 3 is 2.84 bits per heavy atom. The van der Waals surface area contributed by atoms with Crippen LogP contribution in [-0.2, 0) is 16.8 Å². The Balaban J connectivity index is 1.61. The van der Waals surface area contributed by atoms with Crippen molar-refractivity contribution >= 4 is 5.91 Å². The van der Waals surface area contributed by atoms with Crippen molar-refractivity contribution in [1.29, 1.82) is 0 Å². The van der Waals surface area contributed by atoms with Crippen molar-refractivity contribution in [3.05, 3.63) is 71.0 Å². The zero-order valence-electron chi connectivity index (χ0n) is 13.9. The van der Waals surface area contributed by atoms with E-state index < -0.39 is 17.5 Å². The van der Waals surface area contributed by atoms with Gasteiger partial charge in [0.15, 0.2) is 0 Å². The van der Waals surface area contributed by atoms with Crippen molar-refractivity contribution in [1.82, 2.24) is 5.32 Å². The molecule has 0 saturated carbocycles. The summed E-state index contributed by atoms with van der Waals surface area (Å²) >= 11 is 0. The zero-order chi connectivity index (χ0) is 17.9. The first kappa shape index (κ1) is 17.6. The van der Waals surface area contributed by atoms with E-state index in [0.717, 1.165) is 24.0 Å². The van der Waals surface area contributed by atoms with Gasteiger partial charge in [0.25, 0.3) is 0 Å². The van der Waals surface area contributed by atoms with E-state index in [2.05, 4.69) is 5.32 Å². The number of carbonyl (C=O) groups is 1. The van der Waals surface area contributed by atoms with Gasteiger partial charge in [0, 0.05) is 0 Å². The van der Waals surface area contributed by atoms with Crippen LogP contribution >= 0.6 is 0 Å². The molecule has 0 aliphatic heterocycles. The standard InChI is InChI=1S/C20H22FNO3/c21-16-8-3-6-15(11-16)18(23)12-19(24)22-13-20(25)10-4-7-14-5-1-2-9-17(14)20/h1-3,5-6,8-9,11,18,23,25H,4,7,10,12-13H2,(H,22,24)/t18-,20+/m1/s1. The fourth-order valence-electron chi connectivity index (χ4n) is 3.41. The number of nitrogens with one attached hydrogen (secondary N) is 1. The minimum absolute atomic E-state index is 0.0959. The summed E-state index contributed by atoms with van der Waals surface area (Å²) in [5, 5.41) is 23.7. The molecule has 1 aliphatic rings. The second kappa shape index (κ2) is 7.33. The number of aliphatic hydroxyl groups is 2. The van der Waals surface area contributed by atoms with Gasteiger partial charge in [0.1, 0.15) is 11.4 Å². The maximum absolute atomic E-state index is 13.2. The molecule has 2 aromatic rings. The largest absolute Gasteiger partial charge is 0.388 e. The van der Waals surface area contributed by atoms with Crippen LogP contribution in [0.3, 0.4) is 0 Å². The van der Waals surface area contributed by atoms with E-state index in [1.807, 2.05) is 24.3 Å². The molecule has 4 nitrogen and oxygen atoms in total. The highest BCUT2D eigenvalue weighted by atomic mass is 19.1. The van der Waals surface area contributed by atoms with Gasteiger partial charge in [-0.3, -0.25) is 4.79 Å². The molecule has 0 fully saturated rings. The van der Waals surface area contributed by atoms with E-state index in [0.29, 0.717) is 12.0 Å². The fourth-order valence-corrected chi connectivity index (χ4v) is 3.41. The Morgan fingerprint density at radius 1 is 1.24 bits per heavy atom. The average Bonchev–Trinajstić information content (AvgIpc) is 2.60. The van der Waals surface area contributed by atoms with Crippen molar-refractivity contribution in [3.63, 3.8) is 0 Å². The minimum atomic E-state index is -1.09. The van der Waals surface area contributed by atoms with E-state index in [9.17, 15) is 19.4 Å². The summed E-state index contributed by atoms with van der Waals surface area (Å²) in [5.74, 6) is -0.835. The Kier molecular flexibility index (Phi) is 5.16. The molecule has 132 valence electrons. The molecule has 3 N–H and O–H groups in total. The van der Waals surface area contributed by atoms with Crippen molar-refractivity contribution in [2.75, 3.05) is 6.54 Å². The van der Waals surface area contributed by atoms with Crippen LogP contribution in [0.5, 0.6) is 0 Å². The molecule has 2 atom stereocenters. The Morgan fingerprint density at radius 2 is 2.04 bits per heavy atom. The number of halogens is 1. The maximum atomic E-state index is 13.2. The van der Waals surface area contributed by atoms with Crippen LogP contribution in [0.25, 0.3) is 0 Å². The number of aryl methyl sites for hydroxylation is 1. The monoisotopic (exact) mass is 343 g/mol. The summed E-state index contributed by atoms with van der Waals surface area (Å²) in [7, 11) is 0. The molecule has 0 bridgehead atoms. The molecule has 1 amide bonds. The summed E-state index contributed by atoms with van der Waals surface area (Å²) < 4.78 is 13.2. The molecular weight excluding hydrogens is 321 g/mol. The summed E-state index contributed by atoms with van der Waals surface area (Å²) in [5.41, 5.74) is 1.23. The highest BCUT2D eigenvalue weighted by Gasteiger charge is 2.34. The van der Waals surface area contributed by atoms with E-state index in [1.165, 1.54) is 18.2 Å². The molecular formula is C20H22FNO3. The topological polar surface area (TPSA) is 69.6 Å². The van der Waals surface area contributed by atoms with Gasteiger partial charge in [-0.25, -0.2) is 4.39 Å². The molecule has 0 heterocycles. The van der Waals surface area contributed by atoms with E-state index in [1.54, 1.807) is 6.07 Å². The smallest absolute Gasteiger partial charge is 0.223 e. The maximum Gasteiger partial charge on any atom is 0.223 e. The molecule has 2 aromatic carbocycles. The van der Waals surface area contributed by atoms with Gasteiger partial charge in [0.05, 0.1) is 19.1 Å². The van der Waals surface area contributed by atoms with Gasteiger partial charge < -0.3 is 15.5 Å². The molecule has 5 heteroatoms. The predicted octanol–water partition coefficient (Wildman–Crippen LogP) is 2.59. The number of fused-ring (bicyclic) bond motifs is 1. The van der Waals surface area contributed by atoms with Crippen LogP contribution < -0.4 is 5.32 Å². The molecule has 0 spiro atoms. The van der Waals surface area contributed by atoms with Gasteiger partial charge in [-0.2, -0.15) is 0 Å². The lowest BCUT2D eigenvalue weighted by molar-refractivity contribution is -0.124. The van der Waals surface area contributed by atoms with Crippen LogP contribution in [0, 0.1) is 5.82 Å². The third kappa shape index (κ3) is 4.06. The molecule has 0 saturated heterocycles. The summed E-state index contributed by atoms with van der Waals surface area (Å²) in [6, 6.07) is 13.3. The van der Waals surface area contributed by atoms with Gasteiger partial charge in [-0.1, -0.05) is 36.4 Å². The Bertz CT molecular complexity index is 764. The summed E-state index contributed by atoms with van der Waals surface area (Å²) in [6.45, 7) is 0.0959. The van der Waals surface area contributed by atoms with Gasteiger partial charge in [0.2, 0.25) is 5.91 Å². The van der Waals surface area contributed by atoms with E-state index >= 15 is 0 Å². The van der Waals surface area contributed by atoms with Gasteiger partial charge in [-0.15, -0.1) is 0 Å². The molecule has 3 rings (SSSR count). The van der Waals surface area contributed by atoms with Crippen LogP contribution in [0.1, 0.15) is 42.1 Å². The number of carbonyl (C=O) groups excluding carboxylic acids is 1. The number of rotatable bonds is 5. The third-order valence-corrected chi connectivity index (χ3v) is 4.75. The quantitative estimate of drug-likeness (QED) is 0.782. The minimum Gasteiger partial charge on any atom is -0.388 e. The van der Waals surface area contributed by atoms with Crippen LogP contribution in [-0.4, -0.2) is 22.7 Å². The van der Waals surface area contributed by atoms with Crippen molar-refractivity contribution in [3.8, 4) is 0 Å². The second-order valence-corrected chi connectivity index (χ2v) is 6.59. The molecule has 0 unspecified atom stereocenters. The second-order valence-electron chi connectivity index (χ2n) is 6.59. The molecule has 0 radical (unpaired) electrons. The highest BCUT2D eigenvalue weighted by Crippen LogP contribution is 2.34. The highest BCUT2D eigenvalue weighted by molar-refractivity contribution is 5.76. The number of hydrogen-bond acceptors (Lipinski definition) is 3. The number of hydrogen-bond donors (Lipinski definition) is 3. The van der Waals surface area contributed by atoms with Crippen molar-refractivity contribution < 1.29 is 19.4 Å². The van der Waals surface area contributed by atoms with E-state index in [4.69, 9.17) is 0 Å². The van der Waals surface area contributed by atoms with Gasteiger partial charge >= 0.3 is 0 Å². The molecule has 0 aromatic heterocycles. The number of aliphatic hydroxyl groups excluding tert-OH is 1. The van der Waals surface area contributed by atoms with Crippen molar-refractivity contribution in [2.24, 2.45) is 0 Å². The lowest BCUT2D eigenvalue weighted by Gasteiger charge is -2.34. The first-order valence-corrected chi connectivity index (χ1v) is 8.49. The lowest BCUT2D eigenvalue weighted by atomic mass is 9.79. The van der Waals surface area contributed by atoms with E-state index in [-0.39, 0.29) is 18.9 Å². The van der Waals surface area contributed by atoms with Crippen LogP contribution in [0.4, 0.5) is 4.39 Å². The van der Waals surface area contributed by atoms with Gasteiger partial charge in [-0.05, 0) is 48.1 Å². The first-order valence-electron chi connectivity index (χ1n) is 8.49. The normalized spacial score (nSPS) is 20.6. The SMILES string of the molecule is O=C(C[C@@H](O)c1cccc(F)c1)NC[C@@]1(O)CCCc2ccccc21. The fraction of sp³-hybridized carbons (Fsp3) is 0.350. The summed E-state index contributed by atoms with van der Waals surface area (Å²) in [4.78, 5) is 12.1. The Hall–Kier alpha value is -2.24. The predicted molar refractivity (Wildman–Crippen MR) is 92.3 cm³/mol. The van der Waals surface area contributed by atoms with Crippen LogP contribution in [0.15, 0.2) is 48.5 Å².